The van der Waals surface area contributed by atoms with Crippen LogP contribution in [0.3, 0.4) is 0 Å². The number of hydrogen-bond donors (Lipinski definition) is 1. The number of carbonyl (C=O) groups excluding carboxylic acids is 2. The summed E-state index contributed by atoms with van der Waals surface area (Å²) >= 11 is 6.19. The lowest BCUT2D eigenvalue weighted by atomic mass is 10.1. The van der Waals surface area contributed by atoms with Crippen LogP contribution in [0, 0.1) is 0 Å². The molecule has 1 aromatic rings. The van der Waals surface area contributed by atoms with Gasteiger partial charge in [-0.2, -0.15) is 0 Å². The van der Waals surface area contributed by atoms with Crippen LogP contribution in [0.1, 0.15) is 83.6 Å². The van der Waals surface area contributed by atoms with Crippen molar-refractivity contribution in [3.8, 4) is 0 Å². The SMILES string of the molecule is CCCCCCCCCCCCS(=O)(=O)Nc1ccc(Cl)c(CN2C(=O)OC(C)C2=O)c1. The molecule has 1 heterocycles. The van der Waals surface area contributed by atoms with Gasteiger partial charge >= 0.3 is 6.09 Å². The van der Waals surface area contributed by atoms with Gasteiger partial charge in [0, 0.05) is 10.7 Å². The highest BCUT2D eigenvalue weighted by Gasteiger charge is 2.37. The molecule has 1 fully saturated rings. The molecule has 1 aliphatic rings. The number of ether oxygens (including phenoxy) is 1. The Kier molecular flexibility index (Phi) is 10.8. The van der Waals surface area contributed by atoms with Crippen LogP contribution in [0.5, 0.6) is 0 Å². The number of imide groups is 1. The Morgan fingerprint density at radius 3 is 2.16 bits per heavy atom. The molecule has 1 N–H and O–H groups in total. The summed E-state index contributed by atoms with van der Waals surface area (Å²) in [7, 11) is -3.49. The van der Waals surface area contributed by atoms with Gasteiger partial charge in [0.1, 0.15) is 0 Å². The first-order valence-corrected chi connectivity index (χ1v) is 13.6. The number of unbranched alkanes of at least 4 members (excludes halogenated alkanes) is 9. The van der Waals surface area contributed by atoms with Crippen molar-refractivity contribution < 1.29 is 22.7 Å². The number of amides is 2. The minimum absolute atomic E-state index is 0.0515. The van der Waals surface area contributed by atoms with Crippen molar-refractivity contribution in [3.63, 3.8) is 0 Å². The van der Waals surface area contributed by atoms with Crippen LogP contribution in [-0.4, -0.2) is 37.2 Å². The first-order chi connectivity index (χ1) is 15.2. The van der Waals surface area contributed by atoms with E-state index in [9.17, 15) is 18.0 Å². The van der Waals surface area contributed by atoms with Gasteiger partial charge in [0.2, 0.25) is 10.0 Å². The Morgan fingerprint density at radius 2 is 1.59 bits per heavy atom. The van der Waals surface area contributed by atoms with E-state index in [1.165, 1.54) is 45.4 Å². The molecule has 0 radical (unpaired) electrons. The Balaban J connectivity index is 1.77. The lowest BCUT2D eigenvalue weighted by molar-refractivity contribution is -0.129. The Morgan fingerprint density at radius 1 is 1.00 bits per heavy atom. The molecule has 9 heteroatoms. The minimum atomic E-state index is -3.49. The highest BCUT2D eigenvalue weighted by molar-refractivity contribution is 7.92. The normalized spacial score (nSPS) is 16.5. The Hall–Kier alpha value is -1.80. The molecule has 1 atom stereocenters. The van der Waals surface area contributed by atoms with Gasteiger partial charge in [0.15, 0.2) is 6.10 Å². The average molecular weight is 487 g/mol. The van der Waals surface area contributed by atoms with E-state index in [-0.39, 0.29) is 12.3 Å². The molecule has 1 unspecified atom stereocenters. The Labute approximate surface area is 196 Å². The summed E-state index contributed by atoms with van der Waals surface area (Å²) in [5.41, 5.74) is 0.815. The number of hydrogen-bond acceptors (Lipinski definition) is 5. The first kappa shape index (κ1) is 26.5. The monoisotopic (exact) mass is 486 g/mol. The number of nitrogens with one attached hydrogen (secondary N) is 1. The maximum Gasteiger partial charge on any atom is 0.417 e. The van der Waals surface area contributed by atoms with Crippen LogP contribution in [-0.2, 0) is 26.1 Å². The second kappa shape index (κ2) is 13.0. The van der Waals surface area contributed by atoms with Crippen molar-refractivity contribution in [2.45, 2.75) is 90.7 Å². The van der Waals surface area contributed by atoms with Gasteiger partial charge in [-0.3, -0.25) is 9.52 Å². The lowest BCUT2D eigenvalue weighted by Crippen LogP contribution is -2.30. The van der Waals surface area contributed by atoms with E-state index >= 15 is 0 Å². The third kappa shape index (κ3) is 8.62. The zero-order valence-electron chi connectivity index (χ0n) is 19.1. The van der Waals surface area contributed by atoms with E-state index < -0.39 is 28.1 Å². The van der Waals surface area contributed by atoms with Crippen molar-refractivity contribution in [2.24, 2.45) is 0 Å². The molecule has 1 aromatic carbocycles. The van der Waals surface area contributed by atoms with Crippen molar-refractivity contribution >= 4 is 39.3 Å². The molecule has 0 aromatic heterocycles. The largest absolute Gasteiger partial charge is 0.436 e. The molecule has 0 bridgehead atoms. The summed E-state index contributed by atoms with van der Waals surface area (Å²) in [5, 5.41) is 0.336. The maximum atomic E-state index is 12.4. The fourth-order valence-electron chi connectivity index (χ4n) is 3.66. The van der Waals surface area contributed by atoms with Crippen LogP contribution >= 0.6 is 11.6 Å². The summed E-state index contributed by atoms with van der Waals surface area (Å²) in [4.78, 5) is 24.8. The lowest BCUT2D eigenvalue weighted by Gasteiger charge is -2.14. The van der Waals surface area contributed by atoms with E-state index in [2.05, 4.69) is 11.6 Å². The fraction of sp³-hybridized carbons (Fsp3) is 0.652. The number of carbonyl (C=O) groups is 2. The number of rotatable bonds is 15. The van der Waals surface area contributed by atoms with Crippen molar-refractivity contribution in [1.29, 1.82) is 0 Å². The number of cyclic esters (lactones) is 1. The van der Waals surface area contributed by atoms with Crippen molar-refractivity contribution in [3.05, 3.63) is 28.8 Å². The molecular formula is C23H35ClN2O5S. The van der Waals surface area contributed by atoms with Crippen LogP contribution in [0.15, 0.2) is 18.2 Å². The van der Waals surface area contributed by atoms with Gasteiger partial charge in [-0.1, -0.05) is 76.3 Å². The van der Waals surface area contributed by atoms with Crippen molar-refractivity contribution in [2.75, 3.05) is 10.5 Å². The molecule has 0 aliphatic carbocycles. The quantitative estimate of drug-likeness (QED) is 0.313. The number of anilines is 1. The Bertz CT molecular complexity index is 875. The first-order valence-electron chi connectivity index (χ1n) is 11.5. The second-order valence-corrected chi connectivity index (χ2v) is 10.6. The van der Waals surface area contributed by atoms with Crippen LogP contribution in [0.25, 0.3) is 0 Å². The highest BCUT2D eigenvalue weighted by Crippen LogP contribution is 2.25. The summed E-state index contributed by atoms with van der Waals surface area (Å²) in [6.07, 6.45) is 9.78. The van der Waals surface area contributed by atoms with Gasteiger partial charge in [0.25, 0.3) is 5.91 Å². The van der Waals surface area contributed by atoms with Crippen LogP contribution in [0.2, 0.25) is 5.02 Å². The zero-order chi connectivity index (χ0) is 23.6. The molecule has 7 nitrogen and oxygen atoms in total. The summed E-state index contributed by atoms with van der Waals surface area (Å²) < 4.78 is 32.3. The van der Waals surface area contributed by atoms with Gasteiger partial charge < -0.3 is 4.74 Å². The maximum absolute atomic E-state index is 12.4. The average Bonchev–Trinajstić information content (AvgIpc) is 2.97. The summed E-state index contributed by atoms with van der Waals surface area (Å²) in [6, 6.07) is 4.65. The van der Waals surface area contributed by atoms with E-state index in [0.717, 1.165) is 24.2 Å². The van der Waals surface area contributed by atoms with Crippen LogP contribution < -0.4 is 4.72 Å². The number of nitrogens with zero attached hydrogens (tertiary/aromatic N) is 1. The van der Waals surface area contributed by atoms with Gasteiger partial charge in [-0.05, 0) is 37.1 Å². The summed E-state index contributed by atoms with van der Waals surface area (Å²) in [5.74, 6) is -0.395. The smallest absolute Gasteiger partial charge is 0.417 e. The molecule has 1 saturated heterocycles. The van der Waals surface area contributed by atoms with Crippen molar-refractivity contribution in [1.82, 2.24) is 4.90 Å². The molecule has 0 spiro atoms. The molecule has 32 heavy (non-hydrogen) atoms. The standard InChI is InChI=1S/C23H35ClN2O5S/c1-3-4-5-6-7-8-9-10-11-12-15-32(29,30)25-20-13-14-21(24)19(16-20)17-26-22(27)18(2)31-23(26)28/h13-14,16,18,25H,3-12,15,17H2,1-2H3. The zero-order valence-corrected chi connectivity index (χ0v) is 20.6. The second-order valence-electron chi connectivity index (χ2n) is 8.36. The van der Waals surface area contributed by atoms with Gasteiger partial charge in [-0.15, -0.1) is 0 Å². The summed E-state index contributed by atoms with van der Waals surface area (Å²) in [6.45, 7) is 3.64. The van der Waals surface area contributed by atoms with Gasteiger partial charge in [0.05, 0.1) is 12.3 Å². The van der Waals surface area contributed by atoms with E-state index in [4.69, 9.17) is 16.3 Å². The molecular weight excluding hydrogens is 452 g/mol. The third-order valence-corrected chi connectivity index (χ3v) is 7.27. The molecule has 1 aliphatic heterocycles. The third-order valence-electron chi connectivity index (χ3n) is 5.53. The molecule has 180 valence electrons. The van der Waals surface area contributed by atoms with Crippen LogP contribution in [0.4, 0.5) is 10.5 Å². The number of benzene rings is 1. The molecule has 0 saturated carbocycles. The predicted molar refractivity (Wildman–Crippen MR) is 127 cm³/mol. The van der Waals surface area contributed by atoms with Gasteiger partial charge in [-0.25, -0.2) is 18.1 Å². The van der Waals surface area contributed by atoms with E-state index in [1.807, 2.05) is 0 Å². The van der Waals surface area contributed by atoms with E-state index in [1.54, 1.807) is 18.2 Å². The molecule has 2 rings (SSSR count). The highest BCUT2D eigenvalue weighted by atomic mass is 35.5. The topological polar surface area (TPSA) is 92.8 Å². The molecule has 2 amide bonds. The van der Waals surface area contributed by atoms with E-state index in [0.29, 0.717) is 22.7 Å². The number of sulfonamides is 1. The predicted octanol–water partition coefficient (Wildman–Crippen LogP) is 5.87. The fourth-order valence-corrected chi connectivity index (χ4v) is 5.01. The number of halogens is 1. The minimum Gasteiger partial charge on any atom is -0.436 e.